The van der Waals surface area contributed by atoms with E-state index in [2.05, 4.69) is 5.32 Å². The molecule has 0 aliphatic heterocycles. The van der Waals surface area contributed by atoms with Gasteiger partial charge in [0.25, 0.3) is 5.56 Å². The van der Waals surface area contributed by atoms with Gasteiger partial charge in [-0.2, -0.15) is 0 Å². The standard InChI is InChI=1S/C23H18ClN3O3/c1-15-6-2-4-8-19(15)25-21(28)14-26-20-9-5-3-7-18(20)22(29)27(23(26)30)17-12-10-16(24)11-13-17/h2-13H,14H2,1H3,(H,25,28). The Morgan fingerprint density at radius 2 is 1.60 bits per heavy atom. The molecule has 0 spiro atoms. The van der Waals surface area contributed by atoms with Crippen molar-refractivity contribution >= 4 is 34.1 Å². The number of nitrogens with zero attached hydrogens (tertiary/aromatic N) is 2. The highest BCUT2D eigenvalue weighted by atomic mass is 35.5. The predicted octanol–water partition coefficient (Wildman–Crippen LogP) is 3.75. The second kappa shape index (κ2) is 8.00. The minimum absolute atomic E-state index is 0.235. The van der Waals surface area contributed by atoms with Crippen molar-refractivity contribution in [2.45, 2.75) is 13.5 Å². The van der Waals surface area contributed by atoms with Crippen LogP contribution in [0.25, 0.3) is 16.6 Å². The predicted molar refractivity (Wildman–Crippen MR) is 119 cm³/mol. The van der Waals surface area contributed by atoms with Crippen molar-refractivity contribution in [3.8, 4) is 5.69 Å². The van der Waals surface area contributed by atoms with Crippen molar-refractivity contribution in [2.24, 2.45) is 0 Å². The fourth-order valence-corrected chi connectivity index (χ4v) is 3.46. The molecule has 0 aliphatic carbocycles. The molecule has 0 saturated carbocycles. The molecule has 0 unspecified atom stereocenters. The number of carbonyl (C=O) groups is 1. The summed E-state index contributed by atoms with van der Waals surface area (Å²) < 4.78 is 2.36. The Hall–Kier alpha value is -3.64. The lowest BCUT2D eigenvalue weighted by Gasteiger charge is -2.15. The molecular weight excluding hydrogens is 402 g/mol. The first-order valence-corrected chi connectivity index (χ1v) is 9.69. The van der Waals surface area contributed by atoms with Crippen molar-refractivity contribution in [1.29, 1.82) is 0 Å². The van der Waals surface area contributed by atoms with Crippen LogP contribution in [0.2, 0.25) is 5.02 Å². The van der Waals surface area contributed by atoms with Crippen LogP contribution in [0.4, 0.5) is 5.69 Å². The topological polar surface area (TPSA) is 73.1 Å². The van der Waals surface area contributed by atoms with E-state index in [9.17, 15) is 14.4 Å². The summed E-state index contributed by atoms with van der Waals surface area (Å²) in [5.41, 5.74) is 1.32. The lowest BCUT2D eigenvalue weighted by Crippen LogP contribution is -2.40. The minimum Gasteiger partial charge on any atom is -0.324 e. The zero-order valence-corrected chi connectivity index (χ0v) is 16.9. The molecule has 0 saturated heterocycles. The van der Waals surface area contributed by atoms with E-state index < -0.39 is 11.2 Å². The summed E-state index contributed by atoms with van der Waals surface area (Å²) in [4.78, 5) is 39.0. The number of anilines is 1. The first-order valence-electron chi connectivity index (χ1n) is 9.32. The summed E-state index contributed by atoms with van der Waals surface area (Å²) in [6.45, 7) is 1.65. The summed E-state index contributed by atoms with van der Waals surface area (Å²) in [5.74, 6) is -0.363. The maximum Gasteiger partial charge on any atom is 0.336 e. The molecule has 0 atom stereocenters. The van der Waals surface area contributed by atoms with Gasteiger partial charge < -0.3 is 5.32 Å². The maximum absolute atomic E-state index is 13.3. The van der Waals surface area contributed by atoms with Crippen molar-refractivity contribution in [3.05, 3.63) is 104 Å². The fraction of sp³-hybridized carbons (Fsp3) is 0.0870. The summed E-state index contributed by atoms with van der Waals surface area (Å²) in [7, 11) is 0. The van der Waals surface area contributed by atoms with Crippen LogP contribution in [0.3, 0.4) is 0 Å². The Bertz CT molecular complexity index is 1370. The number of amides is 1. The second-order valence-electron chi connectivity index (χ2n) is 6.87. The van der Waals surface area contributed by atoms with Crippen LogP contribution < -0.4 is 16.6 Å². The Kier molecular flexibility index (Phi) is 5.25. The Morgan fingerprint density at radius 1 is 0.933 bits per heavy atom. The monoisotopic (exact) mass is 419 g/mol. The van der Waals surface area contributed by atoms with Gasteiger partial charge in [0.2, 0.25) is 5.91 Å². The number of halogens is 1. The normalized spacial score (nSPS) is 10.9. The smallest absolute Gasteiger partial charge is 0.324 e. The van der Waals surface area contributed by atoms with E-state index in [1.807, 2.05) is 25.1 Å². The minimum atomic E-state index is -0.596. The molecule has 0 bridgehead atoms. The number of aryl methyl sites for hydroxylation is 1. The third-order valence-electron chi connectivity index (χ3n) is 4.86. The van der Waals surface area contributed by atoms with Crippen molar-refractivity contribution in [2.75, 3.05) is 5.32 Å². The third kappa shape index (κ3) is 3.65. The molecule has 0 aliphatic rings. The lowest BCUT2D eigenvalue weighted by atomic mass is 10.2. The highest BCUT2D eigenvalue weighted by Crippen LogP contribution is 2.15. The average molecular weight is 420 g/mol. The van der Waals surface area contributed by atoms with Crippen LogP contribution in [-0.4, -0.2) is 15.0 Å². The van der Waals surface area contributed by atoms with Gasteiger partial charge in [0, 0.05) is 10.7 Å². The summed E-state index contributed by atoms with van der Waals surface area (Å²) >= 11 is 5.94. The quantitative estimate of drug-likeness (QED) is 0.547. The number of para-hydroxylation sites is 2. The number of aromatic nitrogens is 2. The second-order valence-corrected chi connectivity index (χ2v) is 7.30. The van der Waals surface area contributed by atoms with Gasteiger partial charge in [-0.3, -0.25) is 14.2 Å². The molecule has 1 amide bonds. The van der Waals surface area contributed by atoms with Gasteiger partial charge in [0.1, 0.15) is 6.54 Å². The Balaban J connectivity index is 1.84. The van der Waals surface area contributed by atoms with E-state index in [1.54, 1.807) is 54.6 Å². The van der Waals surface area contributed by atoms with E-state index >= 15 is 0 Å². The van der Waals surface area contributed by atoms with Gasteiger partial charge in [0.05, 0.1) is 16.6 Å². The van der Waals surface area contributed by atoms with Crippen LogP contribution in [0, 0.1) is 6.92 Å². The Morgan fingerprint density at radius 3 is 2.33 bits per heavy atom. The highest BCUT2D eigenvalue weighted by molar-refractivity contribution is 6.30. The van der Waals surface area contributed by atoms with E-state index in [4.69, 9.17) is 11.6 Å². The number of nitrogens with one attached hydrogen (secondary N) is 1. The van der Waals surface area contributed by atoms with Gasteiger partial charge in [-0.15, -0.1) is 0 Å². The van der Waals surface area contributed by atoms with Gasteiger partial charge >= 0.3 is 5.69 Å². The number of hydrogen-bond donors (Lipinski definition) is 1. The molecule has 150 valence electrons. The van der Waals surface area contributed by atoms with Crippen molar-refractivity contribution < 1.29 is 4.79 Å². The van der Waals surface area contributed by atoms with Crippen LogP contribution in [0.15, 0.2) is 82.4 Å². The van der Waals surface area contributed by atoms with Gasteiger partial charge in [0.15, 0.2) is 0 Å². The number of benzene rings is 3. The first kappa shape index (κ1) is 19.7. The average Bonchev–Trinajstić information content (AvgIpc) is 2.74. The molecule has 3 aromatic carbocycles. The maximum atomic E-state index is 13.3. The molecule has 1 N–H and O–H groups in total. The third-order valence-corrected chi connectivity index (χ3v) is 5.11. The number of carbonyl (C=O) groups excluding carboxylic acids is 1. The van der Waals surface area contributed by atoms with E-state index in [-0.39, 0.29) is 12.5 Å². The van der Waals surface area contributed by atoms with Gasteiger partial charge in [-0.1, -0.05) is 41.9 Å². The van der Waals surface area contributed by atoms with E-state index in [0.717, 1.165) is 10.1 Å². The molecule has 6 nitrogen and oxygen atoms in total. The molecule has 30 heavy (non-hydrogen) atoms. The first-order chi connectivity index (χ1) is 14.5. The number of rotatable bonds is 4. The zero-order valence-electron chi connectivity index (χ0n) is 16.1. The highest BCUT2D eigenvalue weighted by Gasteiger charge is 2.16. The number of hydrogen-bond acceptors (Lipinski definition) is 3. The lowest BCUT2D eigenvalue weighted by molar-refractivity contribution is -0.116. The van der Waals surface area contributed by atoms with Gasteiger partial charge in [-0.05, 0) is 55.0 Å². The summed E-state index contributed by atoms with van der Waals surface area (Å²) in [6.07, 6.45) is 0. The molecule has 4 aromatic rings. The Labute approximate surface area is 177 Å². The van der Waals surface area contributed by atoms with Crippen molar-refractivity contribution in [1.82, 2.24) is 9.13 Å². The molecular formula is C23H18ClN3O3. The largest absolute Gasteiger partial charge is 0.336 e. The van der Waals surface area contributed by atoms with Crippen LogP contribution in [0.5, 0.6) is 0 Å². The molecule has 0 radical (unpaired) electrons. The molecule has 1 heterocycles. The molecule has 1 aromatic heterocycles. The van der Waals surface area contributed by atoms with Crippen molar-refractivity contribution in [3.63, 3.8) is 0 Å². The number of fused-ring (bicyclic) bond motifs is 1. The summed E-state index contributed by atoms with van der Waals surface area (Å²) in [6, 6.07) is 20.5. The van der Waals surface area contributed by atoms with Crippen LogP contribution in [0.1, 0.15) is 5.56 Å². The summed E-state index contributed by atoms with van der Waals surface area (Å²) in [5, 5.41) is 3.66. The van der Waals surface area contributed by atoms with Gasteiger partial charge in [-0.25, -0.2) is 9.36 Å². The van der Waals surface area contributed by atoms with Crippen LogP contribution >= 0.6 is 11.6 Å². The molecule has 7 heteroatoms. The van der Waals surface area contributed by atoms with E-state index in [0.29, 0.717) is 27.3 Å². The molecule has 4 rings (SSSR count). The SMILES string of the molecule is Cc1ccccc1NC(=O)Cn1c(=O)n(-c2ccc(Cl)cc2)c(=O)c2ccccc21. The zero-order chi connectivity index (χ0) is 21.3. The fourth-order valence-electron chi connectivity index (χ4n) is 3.34. The van der Waals surface area contributed by atoms with Crippen LogP contribution in [-0.2, 0) is 11.3 Å². The molecule has 0 fully saturated rings. The van der Waals surface area contributed by atoms with E-state index in [1.165, 1.54) is 4.57 Å².